The van der Waals surface area contributed by atoms with Gasteiger partial charge in [-0.15, -0.1) is 0 Å². The minimum absolute atomic E-state index is 0.0239. The average Bonchev–Trinajstić information content (AvgIpc) is 3.19. The fourth-order valence-corrected chi connectivity index (χ4v) is 7.82. The average molecular weight is 451 g/mol. The molecule has 4 aliphatic carbocycles. The van der Waals surface area contributed by atoms with E-state index in [0.29, 0.717) is 24.2 Å². The van der Waals surface area contributed by atoms with Crippen molar-refractivity contribution >= 4 is 17.5 Å². The first-order valence-corrected chi connectivity index (χ1v) is 12.7. The van der Waals surface area contributed by atoms with Gasteiger partial charge in [0.1, 0.15) is 11.3 Å². The molecular formula is C26H34N4O3. The highest BCUT2D eigenvalue weighted by Crippen LogP contribution is 2.59. The number of carbonyl (C=O) groups is 2. The lowest BCUT2D eigenvalue weighted by atomic mass is 9.49. The van der Waals surface area contributed by atoms with Crippen molar-refractivity contribution in [3.8, 4) is 0 Å². The van der Waals surface area contributed by atoms with Crippen molar-refractivity contribution in [3.63, 3.8) is 0 Å². The molecule has 0 radical (unpaired) electrons. The molecule has 1 aliphatic heterocycles. The van der Waals surface area contributed by atoms with Gasteiger partial charge in [-0.1, -0.05) is 6.07 Å². The summed E-state index contributed by atoms with van der Waals surface area (Å²) in [6.07, 6.45) is 11.7. The number of piperidine rings is 1. The zero-order valence-electron chi connectivity index (χ0n) is 19.2. The molecule has 176 valence electrons. The fourth-order valence-electron chi connectivity index (χ4n) is 7.82. The van der Waals surface area contributed by atoms with Crippen LogP contribution in [0.3, 0.4) is 0 Å². The van der Waals surface area contributed by atoms with E-state index in [4.69, 9.17) is 4.98 Å². The van der Waals surface area contributed by atoms with Gasteiger partial charge < -0.3 is 10.4 Å². The standard InChI is InChI=1S/C26H34N4O3/c31-24(27-16-26-10-17-7-18(11-26)9-19(8-17)12-26)22-4-1-5-23-28-21(15-30(22)23)14-29-6-2-3-20(13-29)25(32)33/h1,4-5,15,17-20H,2-3,6-14,16H2,(H,27,31)(H,32,33). The summed E-state index contributed by atoms with van der Waals surface area (Å²) in [5.41, 5.74) is 2.58. The predicted octanol–water partition coefficient (Wildman–Crippen LogP) is 3.58. The molecule has 5 fully saturated rings. The normalized spacial score (nSPS) is 33.5. The third-order valence-corrected chi connectivity index (χ3v) is 8.80. The Labute approximate surface area is 194 Å². The number of hydrogen-bond acceptors (Lipinski definition) is 4. The van der Waals surface area contributed by atoms with Crippen molar-refractivity contribution in [1.82, 2.24) is 19.6 Å². The maximum atomic E-state index is 13.2. The third-order valence-electron chi connectivity index (χ3n) is 8.80. The molecule has 1 unspecified atom stereocenters. The van der Waals surface area contributed by atoms with Crippen LogP contribution in [0, 0.1) is 29.1 Å². The number of carboxylic acids is 1. The Balaban J connectivity index is 1.15. The van der Waals surface area contributed by atoms with Gasteiger partial charge >= 0.3 is 5.97 Å². The Morgan fingerprint density at radius 2 is 1.85 bits per heavy atom. The van der Waals surface area contributed by atoms with E-state index in [1.165, 1.54) is 38.5 Å². The summed E-state index contributed by atoms with van der Waals surface area (Å²) in [4.78, 5) is 31.5. The van der Waals surface area contributed by atoms with Gasteiger partial charge in [0, 0.05) is 25.8 Å². The number of fused-ring (bicyclic) bond motifs is 1. The van der Waals surface area contributed by atoms with E-state index in [1.807, 2.05) is 28.8 Å². The van der Waals surface area contributed by atoms with Gasteiger partial charge in [0.15, 0.2) is 0 Å². The molecule has 5 aliphatic rings. The molecule has 2 aromatic rings. The van der Waals surface area contributed by atoms with Gasteiger partial charge in [0.25, 0.3) is 5.91 Å². The van der Waals surface area contributed by atoms with E-state index in [0.717, 1.165) is 55.0 Å². The molecule has 0 spiro atoms. The first-order chi connectivity index (χ1) is 16.0. The molecular weight excluding hydrogens is 416 g/mol. The van der Waals surface area contributed by atoms with Gasteiger partial charge in [-0.3, -0.25) is 18.9 Å². The molecule has 1 amide bonds. The number of rotatable bonds is 6. The number of aromatic nitrogens is 2. The van der Waals surface area contributed by atoms with Crippen molar-refractivity contribution in [1.29, 1.82) is 0 Å². The van der Waals surface area contributed by atoms with E-state index in [-0.39, 0.29) is 11.8 Å². The number of nitrogens with one attached hydrogen (secondary N) is 1. The fraction of sp³-hybridized carbons (Fsp3) is 0.654. The van der Waals surface area contributed by atoms with Crippen LogP contribution in [0.5, 0.6) is 0 Å². The maximum Gasteiger partial charge on any atom is 0.307 e. The monoisotopic (exact) mass is 450 g/mol. The summed E-state index contributed by atoms with van der Waals surface area (Å²) < 4.78 is 1.89. The summed E-state index contributed by atoms with van der Waals surface area (Å²) >= 11 is 0. The zero-order chi connectivity index (χ0) is 22.6. The lowest BCUT2D eigenvalue weighted by Crippen LogP contribution is -2.51. The summed E-state index contributed by atoms with van der Waals surface area (Å²) in [5, 5.41) is 12.7. The number of carbonyl (C=O) groups excluding carboxylic acids is 1. The van der Waals surface area contributed by atoms with Crippen molar-refractivity contribution in [2.24, 2.45) is 29.1 Å². The van der Waals surface area contributed by atoms with Crippen LogP contribution in [0.2, 0.25) is 0 Å². The molecule has 7 nitrogen and oxygen atoms in total. The SMILES string of the molecule is O=C(NCC12CC3CC(CC(C3)C1)C2)c1cccc2nc(CN3CCCC(C(=O)O)C3)cn12. The maximum absolute atomic E-state index is 13.2. The first kappa shape index (κ1) is 21.1. The predicted molar refractivity (Wildman–Crippen MR) is 124 cm³/mol. The summed E-state index contributed by atoms with van der Waals surface area (Å²) in [6, 6.07) is 5.69. The Bertz CT molecular complexity index is 1040. The number of aliphatic carboxylic acids is 1. The Kier molecular flexibility index (Phi) is 5.20. The molecule has 1 saturated heterocycles. The largest absolute Gasteiger partial charge is 0.481 e. The van der Waals surface area contributed by atoms with E-state index in [2.05, 4.69) is 10.2 Å². The van der Waals surface area contributed by atoms with Crippen molar-refractivity contribution < 1.29 is 14.7 Å². The number of hydrogen-bond donors (Lipinski definition) is 2. The van der Waals surface area contributed by atoms with Gasteiger partial charge in [0.05, 0.1) is 11.6 Å². The molecule has 1 atom stereocenters. The molecule has 7 rings (SSSR count). The number of pyridine rings is 1. The highest BCUT2D eigenvalue weighted by atomic mass is 16.4. The minimum atomic E-state index is -0.715. The lowest BCUT2D eigenvalue weighted by Gasteiger charge is -2.56. The third kappa shape index (κ3) is 4.05. The number of nitrogens with zero attached hydrogens (tertiary/aromatic N) is 3. The zero-order valence-corrected chi connectivity index (χ0v) is 19.2. The summed E-state index contributed by atoms with van der Waals surface area (Å²) in [5.74, 6) is 1.59. The molecule has 3 heterocycles. The van der Waals surface area contributed by atoms with E-state index in [9.17, 15) is 14.7 Å². The number of imidazole rings is 1. The van der Waals surface area contributed by atoms with Gasteiger partial charge in [-0.05, 0) is 93.2 Å². The molecule has 2 aromatic heterocycles. The first-order valence-electron chi connectivity index (χ1n) is 12.7. The van der Waals surface area contributed by atoms with Crippen LogP contribution >= 0.6 is 0 Å². The van der Waals surface area contributed by atoms with Crippen LogP contribution < -0.4 is 5.32 Å². The second-order valence-corrected chi connectivity index (χ2v) is 11.4. The second kappa shape index (κ2) is 8.12. The van der Waals surface area contributed by atoms with E-state index in [1.54, 1.807) is 0 Å². The van der Waals surface area contributed by atoms with Crippen LogP contribution in [-0.4, -0.2) is 50.9 Å². The second-order valence-electron chi connectivity index (χ2n) is 11.4. The Hall–Kier alpha value is -2.41. The van der Waals surface area contributed by atoms with E-state index < -0.39 is 5.97 Å². The lowest BCUT2D eigenvalue weighted by molar-refractivity contribution is -0.143. The van der Waals surface area contributed by atoms with Crippen molar-refractivity contribution in [2.75, 3.05) is 19.6 Å². The molecule has 4 bridgehead atoms. The highest BCUT2D eigenvalue weighted by Gasteiger charge is 2.50. The molecule has 7 heteroatoms. The van der Waals surface area contributed by atoms with Crippen LogP contribution in [0.15, 0.2) is 24.4 Å². The summed E-state index contributed by atoms with van der Waals surface area (Å²) in [7, 11) is 0. The quantitative estimate of drug-likeness (QED) is 0.703. The minimum Gasteiger partial charge on any atom is -0.481 e. The number of likely N-dealkylation sites (tertiary alicyclic amines) is 1. The topological polar surface area (TPSA) is 86.9 Å². The molecule has 2 N–H and O–H groups in total. The van der Waals surface area contributed by atoms with Crippen molar-refractivity contribution in [3.05, 3.63) is 35.8 Å². The van der Waals surface area contributed by atoms with Gasteiger partial charge in [-0.25, -0.2) is 4.98 Å². The molecule has 0 aromatic carbocycles. The van der Waals surface area contributed by atoms with Crippen LogP contribution in [0.1, 0.15) is 67.5 Å². The number of carboxylic acid groups (broad SMARTS) is 1. The molecule has 33 heavy (non-hydrogen) atoms. The van der Waals surface area contributed by atoms with Crippen LogP contribution in [0.25, 0.3) is 5.65 Å². The van der Waals surface area contributed by atoms with Crippen LogP contribution in [0.4, 0.5) is 0 Å². The summed E-state index contributed by atoms with van der Waals surface area (Å²) in [6.45, 7) is 2.84. The molecule has 4 saturated carbocycles. The van der Waals surface area contributed by atoms with E-state index >= 15 is 0 Å². The van der Waals surface area contributed by atoms with Crippen molar-refractivity contribution in [2.45, 2.75) is 57.9 Å². The van der Waals surface area contributed by atoms with Gasteiger partial charge in [-0.2, -0.15) is 0 Å². The van der Waals surface area contributed by atoms with Gasteiger partial charge in [0.2, 0.25) is 0 Å². The Morgan fingerprint density at radius 3 is 2.55 bits per heavy atom. The Morgan fingerprint density at radius 1 is 1.12 bits per heavy atom. The highest BCUT2D eigenvalue weighted by molar-refractivity contribution is 5.93. The number of amides is 1. The van der Waals surface area contributed by atoms with Crippen LogP contribution in [-0.2, 0) is 11.3 Å². The smallest absolute Gasteiger partial charge is 0.307 e.